The quantitative estimate of drug-likeness (QED) is 0.776. The predicted octanol–water partition coefficient (Wildman–Crippen LogP) is 4.04. The Kier molecular flexibility index (Phi) is 4.09. The number of hydrogen-bond donors (Lipinski definition) is 0. The summed E-state index contributed by atoms with van der Waals surface area (Å²) in [7, 11) is 0. The summed E-state index contributed by atoms with van der Waals surface area (Å²) in [5, 5.41) is 0. The second kappa shape index (κ2) is 6.17. The van der Waals surface area contributed by atoms with Crippen molar-refractivity contribution in [1.29, 1.82) is 0 Å². The number of carbonyl (C=O) groups is 1. The van der Waals surface area contributed by atoms with E-state index in [9.17, 15) is 4.79 Å². The number of hydrogen-bond acceptors (Lipinski definition) is 2. The zero-order valence-corrected chi connectivity index (χ0v) is 12.4. The van der Waals surface area contributed by atoms with Gasteiger partial charge in [0.15, 0.2) is 5.78 Å². The van der Waals surface area contributed by atoms with Crippen LogP contribution in [0.1, 0.15) is 48.0 Å². The largest absolute Gasteiger partial charge is 0.493 e. The van der Waals surface area contributed by atoms with E-state index < -0.39 is 0 Å². The second-order valence-corrected chi connectivity index (χ2v) is 5.64. The van der Waals surface area contributed by atoms with Gasteiger partial charge in [0.05, 0.1) is 6.61 Å². The summed E-state index contributed by atoms with van der Waals surface area (Å²) in [4.78, 5) is 11.9. The number of carbonyl (C=O) groups excluding carboxylic acids is 1. The lowest BCUT2D eigenvalue weighted by atomic mass is 9.93. The van der Waals surface area contributed by atoms with Crippen molar-refractivity contribution in [3.05, 3.63) is 53.9 Å². The SMILES string of the molecule is CCCC(=O)c1ccn(CC2CCOc3ccccc32)c1. The van der Waals surface area contributed by atoms with Crippen LogP contribution in [0.4, 0.5) is 0 Å². The van der Waals surface area contributed by atoms with Crippen LogP contribution in [0.2, 0.25) is 0 Å². The van der Waals surface area contributed by atoms with Crippen molar-refractivity contribution in [2.45, 2.75) is 38.6 Å². The number of Topliss-reactive ketones (excluding diaryl/α,β-unsaturated/α-hetero) is 1. The molecule has 0 bridgehead atoms. The topological polar surface area (TPSA) is 31.2 Å². The molecule has 110 valence electrons. The third-order valence-corrected chi connectivity index (χ3v) is 4.06. The molecular weight excluding hydrogens is 262 g/mol. The maximum absolute atomic E-state index is 11.9. The Balaban J connectivity index is 1.75. The van der Waals surface area contributed by atoms with Crippen molar-refractivity contribution in [3.8, 4) is 5.75 Å². The standard InChI is InChI=1S/C18H21NO2/c1-2-5-17(20)15-8-10-19(13-15)12-14-9-11-21-18-7-4-3-6-16(14)18/h3-4,6-8,10,13-14H,2,5,9,11-12H2,1H3. The minimum Gasteiger partial charge on any atom is -0.493 e. The molecule has 0 saturated heterocycles. The Bertz CT molecular complexity index is 630. The lowest BCUT2D eigenvalue weighted by molar-refractivity contribution is 0.0981. The van der Waals surface area contributed by atoms with Crippen molar-refractivity contribution in [3.63, 3.8) is 0 Å². The molecule has 1 aromatic carbocycles. The predicted molar refractivity (Wildman–Crippen MR) is 83.0 cm³/mol. The van der Waals surface area contributed by atoms with Crippen LogP contribution < -0.4 is 4.74 Å². The molecule has 0 aliphatic carbocycles. The van der Waals surface area contributed by atoms with Gasteiger partial charge in [-0.2, -0.15) is 0 Å². The van der Waals surface area contributed by atoms with E-state index >= 15 is 0 Å². The third-order valence-electron chi connectivity index (χ3n) is 4.06. The molecule has 0 spiro atoms. The highest BCUT2D eigenvalue weighted by Crippen LogP contribution is 2.34. The molecular formula is C18H21NO2. The fraction of sp³-hybridized carbons (Fsp3) is 0.389. The first-order chi connectivity index (χ1) is 10.3. The van der Waals surface area contributed by atoms with Crippen LogP contribution in [0.5, 0.6) is 5.75 Å². The molecule has 0 saturated carbocycles. The second-order valence-electron chi connectivity index (χ2n) is 5.64. The first-order valence-corrected chi connectivity index (χ1v) is 7.68. The van der Waals surface area contributed by atoms with E-state index in [0.717, 1.165) is 37.3 Å². The van der Waals surface area contributed by atoms with Gasteiger partial charge in [-0.15, -0.1) is 0 Å². The number of benzene rings is 1. The van der Waals surface area contributed by atoms with Crippen LogP contribution in [-0.4, -0.2) is 17.0 Å². The number of aromatic nitrogens is 1. The number of nitrogens with zero attached hydrogens (tertiary/aromatic N) is 1. The highest BCUT2D eigenvalue weighted by molar-refractivity contribution is 5.95. The Hall–Kier alpha value is -2.03. The van der Waals surface area contributed by atoms with E-state index in [-0.39, 0.29) is 5.78 Å². The molecule has 1 aliphatic heterocycles. The van der Waals surface area contributed by atoms with Gasteiger partial charge in [-0.25, -0.2) is 0 Å². The molecule has 0 radical (unpaired) electrons. The van der Waals surface area contributed by atoms with E-state index in [2.05, 4.69) is 16.7 Å². The van der Waals surface area contributed by atoms with Crippen LogP contribution in [0.3, 0.4) is 0 Å². The fourth-order valence-corrected chi connectivity index (χ4v) is 2.95. The van der Waals surface area contributed by atoms with Gasteiger partial charge in [0, 0.05) is 36.8 Å². The average molecular weight is 283 g/mol. The van der Waals surface area contributed by atoms with Gasteiger partial charge in [-0.05, 0) is 30.5 Å². The Morgan fingerprint density at radius 2 is 2.19 bits per heavy atom. The highest BCUT2D eigenvalue weighted by atomic mass is 16.5. The van der Waals surface area contributed by atoms with Gasteiger partial charge in [-0.3, -0.25) is 4.79 Å². The molecule has 0 N–H and O–H groups in total. The Morgan fingerprint density at radius 3 is 3.05 bits per heavy atom. The van der Waals surface area contributed by atoms with Gasteiger partial charge >= 0.3 is 0 Å². The molecule has 21 heavy (non-hydrogen) atoms. The third kappa shape index (κ3) is 3.02. The smallest absolute Gasteiger partial charge is 0.164 e. The van der Waals surface area contributed by atoms with Gasteiger partial charge in [-0.1, -0.05) is 25.1 Å². The van der Waals surface area contributed by atoms with Gasteiger partial charge < -0.3 is 9.30 Å². The van der Waals surface area contributed by atoms with E-state index in [0.29, 0.717) is 12.3 Å². The molecule has 0 amide bonds. The minimum absolute atomic E-state index is 0.239. The summed E-state index contributed by atoms with van der Waals surface area (Å²) >= 11 is 0. The van der Waals surface area contributed by atoms with Crippen molar-refractivity contribution >= 4 is 5.78 Å². The zero-order valence-electron chi connectivity index (χ0n) is 12.4. The number of ketones is 1. The van der Waals surface area contributed by atoms with Crippen molar-refractivity contribution in [2.75, 3.05) is 6.61 Å². The van der Waals surface area contributed by atoms with Gasteiger partial charge in [0.25, 0.3) is 0 Å². The van der Waals surface area contributed by atoms with Gasteiger partial charge in [0.2, 0.25) is 0 Å². The average Bonchev–Trinajstić information content (AvgIpc) is 2.97. The lowest BCUT2D eigenvalue weighted by Crippen LogP contribution is -2.18. The molecule has 1 aromatic heterocycles. The number of fused-ring (bicyclic) bond motifs is 1. The maximum atomic E-state index is 11.9. The number of rotatable bonds is 5. The number of ether oxygens (including phenoxy) is 1. The Morgan fingerprint density at radius 1 is 1.33 bits per heavy atom. The summed E-state index contributed by atoms with van der Waals surface area (Å²) in [5.74, 6) is 1.70. The highest BCUT2D eigenvalue weighted by Gasteiger charge is 2.21. The molecule has 1 aliphatic rings. The van der Waals surface area contributed by atoms with Crippen molar-refractivity contribution in [2.24, 2.45) is 0 Å². The van der Waals surface area contributed by atoms with Crippen molar-refractivity contribution < 1.29 is 9.53 Å². The molecule has 3 rings (SSSR count). The fourth-order valence-electron chi connectivity index (χ4n) is 2.95. The van der Waals surface area contributed by atoms with E-state index in [1.54, 1.807) is 0 Å². The molecule has 0 fully saturated rings. The van der Waals surface area contributed by atoms with E-state index in [1.165, 1.54) is 5.56 Å². The Labute approximate surface area is 125 Å². The van der Waals surface area contributed by atoms with Gasteiger partial charge in [0.1, 0.15) is 5.75 Å². The summed E-state index contributed by atoms with van der Waals surface area (Å²) < 4.78 is 7.84. The molecule has 2 heterocycles. The summed E-state index contributed by atoms with van der Waals surface area (Å²) in [6, 6.07) is 10.2. The van der Waals surface area contributed by atoms with E-state index in [4.69, 9.17) is 4.74 Å². The first-order valence-electron chi connectivity index (χ1n) is 7.68. The maximum Gasteiger partial charge on any atom is 0.164 e. The summed E-state index contributed by atoms with van der Waals surface area (Å²) in [5.41, 5.74) is 2.11. The van der Waals surface area contributed by atoms with Crippen LogP contribution in [0.25, 0.3) is 0 Å². The van der Waals surface area contributed by atoms with Crippen molar-refractivity contribution in [1.82, 2.24) is 4.57 Å². The summed E-state index contributed by atoms with van der Waals surface area (Å²) in [6.07, 6.45) is 6.55. The molecule has 3 nitrogen and oxygen atoms in total. The number of para-hydroxylation sites is 1. The normalized spacial score (nSPS) is 17.1. The molecule has 2 aromatic rings. The first kappa shape index (κ1) is 13.9. The van der Waals surface area contributed by atoms with Crippen LogP contribution in [0.15, 0.2) is 42.7 Å². The monoisotopic (exact) mass is 283 g/mol. The van der Waals surface area contributed by atoms with E-state index in [1.807, 2.05) is 37.5 Å². The van der Waals surface area contributed by atoms with Crippen LogP contribution in [-0.2, 0) is 6.54 Å². The lowest BCUT2D eigenvalue weighted by Gasteiger charge is -2.26. The zero-order chi connectivity index (χ0) is 14.7. The molecule has 3 heteroatoms. The van der Waals surface area contributed by atoms with Crippen LogP contribution >= 0.6 is 0 Å². The molecule has 1 unspecified atom stereocenters. The van der Waals surface area contributed by atoms with Crippen LogP contribution in [0, 0.1) is 0 Å². The molecule has 1 atom stereocenters. The summed E-state index contributed by atoms with van der Waals surface area (Å²) in [6.45, 7) is 3.71. The minimum atomic E-state index is 0.239.